The van der Waals surface area contributed by atoms with Gasteiger partial charge in [0.25, 0.3) is 11.6 Å². The number of carbonyl (C=O) groups is 1. The van der Waals surface area contributed by atoms with E-state index in [-0.39, 0.29) is 34.2 Å². The van der Waals surface area contributed by atoms with Crippen LogP contribution in [0.2, 0.25) is 5.02 Å². The smallest absolute Gasteiger partial charge is 0.288 e. The molecule has 0 radical (unpaired) electrons. The highest BCUT2D eigenvalue weighted by molar-refractivity contribution is 7.99. The van der Waals surface area contributed by atoms with Crippen LogP contribution in [0.15, 0.2) is 36.4 Å². The first kappa shape index (κ1) is 18.9. The van der Waals surface area contributed by atoms with Gasteiger partial charge in [-0.15, -0.1) is 0 Å². The zero-order valence-electron chi connectivity index (χ0n) is 14.8. The fourth-order valence-corrected chi connectivity index (χ4v) is 4.73. The topological polar surface area (TPSA) is 81.9 Å². The molecule has 2 aliphatic rings. The van der Waals surface area contributed by atoms with Gasteiger partial charge in [-0.05, 0) is 36.2 Å². The molecule has 2 aromatic rings. The summed E-state index contributed by atoms with van der Waals surface area (Å²) in [5.74, 6) is 2.07. The molecule has 9 heteroatoms. The Kier molecular flexibility index (Phi) is 5.32. The number of hydrogen-bond donors (Lipinski definition) is 0. The summed E-state index contributed by atoms with van der Waals surface area (Å²) in [5.41, 5.74) is 1.17. The normalized spacial score (nSPS) is 18.6. The van der Waals surface area contributed by atoms with Crippen molar-refractivity contribution in [2.24, 2.45) is 0 Å². The van der Waals surface area contributed by atoms with Gasteiger partial charge in [0, 0.05) is 35.7 Å². The summed E-state index contributed by atoms with van der Waals surface area (Å²) in [6.45, 7) is 1.40. The Bertz CT molecular complexity index is 939. The molecule has 1 amide bonds. The van der Waals surface area contributed by atoms with E-state index in [0.29, 0.717) is 13.1 Å². The molecule has 0 saturated carbocycles. The third-order valence-corrected chi connectivity index (χ3v) is 6.43. The molecular formula is C19H17ClN2O5S. The number of rotatable bonds is 3. The summed E-state index contributed by atoms with van der Waals surface area (Å²) in [6, 6.07) is 10.1. The number of fused-ring (bicyclic) bond motifs is 1. The van der Waals surface area contributed by atoms with E-state index < -0.39 is 4.92 Å². The fraction of sp³-hybridized carbons (Fsp3) is 0.316. The van der Waals surface area contributed by atoms with Gasteiger partial charge < -0.3 is 14.4 Å². The molecular weight excluding hydrogens is 404 g/mol. The quantitative estimate of drug-likeness (QED) is 0.544. The molecule has 0 N–H and O–H groups in total. The Balaban J connectivity index is 1.47. The Morgan fingerprint density at radius 1 is 1.18 bits per heavy atom. The number of halogens is 1. The lowest BCUT2D eigenvalue weighted by molar-refractivity contribution is -0.384. The Morgan fingerprint density at radius 3 is 2.82 bits per heavy atom. The van der Waals surface area contributed by atoms with Crippen molar-refractivity contribution < 1.29 is 19.2 Å². The third-order valence-electron chi connectivity index (χ3n) is 4.79. The van der Waals surface area contributed by atoms with E-state index in [1.54, 1.807) is 16.7 Å². The van der Waals surface area contributed by atoms with Crippen molar-refractivity contribution >= 4 is 35.0 Å². The molecule has 1 unspecified atom stereocenters. The SMILES string of the molecule is O=C(c1ccc(Cl)c([N+](=O)[O-])c1)N1CCSC(c2ccc3c(c2)OCO3)CC1. The number of hydrogen-bond acceptors (Lipinski definition) is 6. The Hall–Kier alpha value is -2.45. The van der Waals surface area contributed by atoms with E-state index in [2.05, 4.69) is 0 Å². The van der Waals surface area contributed by atoms with E-state index in [9.17, 15) is 14.9 Å². The van der Waals surface area contributed by atoms with Gasteiger partial charge >= 0.3 is 0 Å². The summed E-state index contributed by atoms with van der Waals surface area (Å²) in [5, 5.41) is 11.3. The van der Waals surface area contributed by atoms with Crippen molar-refractivity contribution in [3.63, 3.8) is 0 Å². The van der Waals surface area contributed by atoms with Gasteiger partial charge in [-0.2, -0.15) is 11.8 Å². The van der Waals surface area contributed by atoms with Crippen molar-refractivity contribution in [2.75, 3.05) is 25.6 Å². The zero-order chi connectivity index (χ0) is 19.7. The number of nitrogens with zero attached hydrogens (tertiary/aromatic N) is 2. The minimum absolute atomic E-state index is 0.0239. The van der Waals surface area contributed by atoms with Crippen LogP contribution in [0.25, 0.3) is 0 Å². The number of amides is 1. The lowest BCUT2D eigenvalue weighted by atomic mass is 10.1. The van der Waals surface area contributed by atoms with Crippen molar-refractivity contribution in [2.45, 2.75) is 11.7 Å². The first-order chi connectivity index (χ1) is 13.5. The molecule has 2 aromatic carbocycles. The van der Waals surface area contributed by atoms with Crippen LogP contribution in [0.5, 0.6) is 11.5 Å². The van der Waals surface area contributed by atoms with Gasteiger partial charge in [0.1, 0.15) is 5.02 Å². The molecule has 0 aromatic heterocycles. The average molecular weight is 421 g/mol. The van der Waals surface area contributed by atoms with E-state index in [4.69, 9.17) is 21.1 Å². The summed E-state index contributed by atoms with van der Waals surface area (Å²) < 4.78 is 10.8. The number of carbonyl (C=O) groups excluding carboxylic acids is 1. The van der Waals surface area contributed by atoms with E-state index in [1.807, 2.05) is 18.2 Å². The second kappa shape index (κ2) is 7.89. The van der Waals surface area contributed by atoms with Crippen LogP contribution in [-0.2, 0) is 0 Å². The van der Waals surface area contributed by atoms with Gasteiger partial charge in [0.05, 0.1) is 4.92 Å². The van der Waals surface area contributed by atoms with Crippen LogP contribution >= 0.6 is 23.4 Å². The van der Waals surface area contributed by atoms with Crippen molar-refractivity contribution in [1.29, 1.82) is 0 Å². The number of benzene rings is 2. The van der Waals surface area contributed by atoms with E-state index in [0.717, 1.165) is 29.2 Å². The number of nitro groups is 1. The largest absolute Gasteiger partial charge is 0.454 e. The highest BCUT2D eigenvalue weighted by atomic mass is 35.5. The maximum atomic E-state index is 12.8. The molecule has 28 heavy (non-hydrogen) atoms. The van der Waals surface area contributed by atoms with E-state index in [1.165, 1.54) is 18.2 Å². The average Bonchev–Trinajstić information content (AvgIpc) is 3.02. The second-order valence-corrected chi connectivity index (χ2v) is 8.19. The van der Waals surface area contributed by atoms with Crippen LogP contribution < -0.4 is 9.47 Å². The maximum Gasteiger partial charge on any atom is 0.288 e. The van der Waals surface area contributed by atoms with Gasteiger partial charge in [0.2, 0.25) is 6.79 Å². The molecule has 2 heterocycles. The minimum atomic E-state index is -0.576. The summed E-state index contributed by atoms with van der Waals surface area (Å²) >= 11 is 7.64. The monoisotopic (exact) mass is 420 g/mol. The molecule has 7 nitrogen and oxygen atoms in total. The van der Waals surface area contributed by atoms with Gasteiger partial charge in [-0.25, -0.2) is 0 Å². The lowest BCUT2D eigenvalue weighted by Crippen LogP contribution is -2.33. The molecule has 0 bridgehead atoms. The molecule has 0 spiro atoms. The van der Waals surface area contributed by atoms with Gasteiger partial charge in [-0.1, -0.05) is 17.7 Å². The van der Waals surface area contributed by atoms with Crippen molar-refractivity contribution in [3.05, 3.63) is 62.7 Å². The molecule has 1 saturated heterocycles. The van der Waals surface area contributed by atoms with Crippen LogP contribution in [0.3, 0.4) is 0 Å². The van der Waals surface area contributed by atoms with Crippen LogP contribution in [0.4, 0.5) is 5.69 Å². The molecule has 1 fully saturated rings. The fourth-order valence-electron chi connectivity index (χ4n) is 3.32. The number of thioether (sulfide) groups is 1. The first-order valence-corrected chi connectivity index (χ1v) is 10.2. The first-order valence-electron chi connectivity index (χ1n) is 8.77. The predicted molar refractivity (Wildman–Crippen MR) is 106 cm³/mol. The Labute approximate surface area is 170 Å². The summed E-state index contributed by atoms with van der Waals surface area (Å²) in [6.07, 6.45) is 0.783. The highest BCUT2D eigenvalue weighted by Gasteiger charge is 2.26. The lowest BCUT2D eigenvalue weighted by Gasteiger charge is -2.20. The van der Waals surface area contributed by atoms with Crippen molar-refractivity contribution in [3.8, 4) is 11.5 Å². The van der Waals surface area contributed by atoms with Crippen LogP contribution in [0, 0.1) is 10.1 Å². The second-order valence-electron chi connectivity index (χ2n) is 6.48. The summed E-state index contributed by atoms with van der Waals surface area (Å²) in [7, 11) is 0. The molecule has 0 aliphatic carbocycles. The minimum Gasteiger partial charge on any atom is -0.454 e. The number of nitro benzene ring substituents is 1. The standard InChI is InChI=1S/C19H17ClN2O5S/c20-14-3-1-13(9-15(14)22(24)25)19(23)21-6-5-18(28-8-7-21)12-2-4-16-17(10-12)27-11-26-16/h1-4,9-10,18H,5-8,11H2. The van der Waals surface area contributed by atoms with Crippen LogP contribution in [0.1, 0.15) is 27.6 Å². The number of ether oxygens (including phenoxy) is 2. The van der Waals surface area contributed by atoms with Gasteiger partial charge in [-0.3, -0.25) is 14.9 Å². The van der Waals surface area contributed by atoms with Gasteiger partial charge in [0.15, 0.2) is 11.5 Å². The molecule has 146 valence electrons. The van der Waals surface area contributed by atoms with Crippen LogP contribution in [-0.4, -0.2) is 41.4 Å². The Morgan fingerprint density at radius 2 is 2.00 bits per heavy atom. The third kappa shape index (κ3) is 3.74. The predicted octanol–water partition coefficient (Wildman–Crippen LogP) is 4.30. The summed E-state index contributed by atoms with van der Waals surface area (Å²) in [4.78, 5) is 25.1. The molecule has 2 aliphatic heterocycles. The van der Waals surface area contributed by atoms with Crippen molar-refractivity contribution in [1.82, 2.24) is 4.90 Å². The zero-order valence-corrected chi connectivity index (χ0v) is 16.4. The highest BCUT2D eigenvalue weighted by Crippen LogP contribution is 2.40. The molecule has 1 atom stereocenters. The molecule has 4 rings (SSSR count). The maximum absolute atomic E-state index is 12.8. The van der Waals surface area contributed by atoms with E-state index >= 15 is 0 Å².